The first kappa shape index (κ1) is 15.0. The lowest BCUT2D eigenvalue weighted by Crippen LogP contribution is -2.39. The van der Waals surface area contributed by atoms with Crippen LogP contribution < -0.4 is 11.2 Å². The van der Waals surface area contributed by atoms with E-state index in [1.807, 2.05) is 13.8 Å². The van der Waals surface area contributed by atoms with Crippen LogP contribution >= 0.6 is 11.6 Å². The van der Waals surface area contributed by atoms with Crippen molar-refractivity contribution in [2.24, 2.45) is 5.92 Å². The Morgan fingerprint density at radius 1 is 1.22 bits per heavy atom. The minimum atomic E-state index is -0.418. The highest BCUT2D eigenvalue weighted by Crippen LogP contribution is 2.15. The summed E-state index contributed by atoms with van der Waals surface area (Å²) in [5, 5.41) is 0.166. The van der Waals surface area contributed by atoms with Crippen LogP contribution in [0.15, 0.2) is 9.59 Å². The Bertz CT molecular complexity index is 517. The van der Waals surface area contributed by atoms with Gasteiger partial charge in [-0.2, -0.15) is 0 Å². The first-order chi connectivity index (χ1) is 8.38. The highest BCUT2D eigenvalue weighted by molar-refractivity contribution is 6.30. The Morgan fingerprint density at radius 3 is 2.33 bits per heavy atom. The first-order valence-corrected chi connectivity index (χ1v) is 6.79. The van der Waals surface area contributed by atoms with Gasteiger partial charge in [0.2, 0.25) is 0 Å². The molecule has 18 heavy (non-hydrogen) atoms. The smallest absolute Gasteiger partial charge is 0.297 e. The highest BCUT2D eigenvalue weighted by Gasteiger charge is 2.16. The molecule has 0 saturated heterocycles. The number of hydrogen-bond donors (Lipinski definition) is 1. The van der Waals surface area contributed by atoms with Gasteiger partial charge in [-0.25, -0.2) is 4.79 Å². The van der Waals surface area contributed by atoms with Crippen LogP contribution in [0.2, 0.25) is 5.15 Å². The topological polar surface area (TPSA) is 54.9 Å². The second kappa shape index (κ2) is 6.23. The quantitative estimate of drug-likeness (QED) is 0.838. The van der Waals surface area contributed by atoms with Crippen molar-refractivity contribution >= 4 is 11.6 Å². The fraction of sp³-hybridized carbons (Fsp3) is 0.692. The molecule has 0 bridgehead atoms. The number of aromatic amines is 1. The third-order valence-corrected chi connectivity index (χ3v) is 3.46. The zero-order chi connectivity index (χ0) is 13.9. The van der Waals surface area contributed by atoms with E-state index in [9.17, 15) is 9.59 Å². The fourth-order valence-corrected chi connectivity index (χ4v) is 2.27. The number of hydrogen-bond acceptors (Lipinski definition) is 2. The largest absolute Gasteiger partial charge is 0.329 e. The van der Waals surface area contributed by atoms with Crippen LogP contribution in [-0.4, -0.2) is 9.55 Å². The first-order valence-electron chi connectivity index (χ1n) is 6.41. The molecular weight excluding hydrogens is 252 g/mol. The van der Waals surface area contributed by atoms with Gasteiger partial charge in [-0.3, -0.25) is 14.3 Å². The molecule has 102 valence electrons. The third kappa shape index (κ3) is 3.25. The van der Waals surface area contributed by atoms with Crippen molar-refractivity contribution in [3.8, 4) is 0 Å². The molecule has 1 heterocycles. The SMILES string of the molecule is CCc1c(Cl)[nH]c(=O)n(C(C)CCC(C)C)c1=O. The van der Waals surface area contributed by atoms with Crippen molar-refractivity contribution in [2.45, 2.75) is 53.0 Å². The minimum Gasteiger partial charge on any atom is -0.297 e. The van der Waals surface area contributed by atoms with Crippen molar-refractivity contribution < 1.29 is 0 Å². The molecule has 1 aromatic heterocycles. The molecule has 0 radical (unpaired) electrons. The third-order valence-electron chi connectivity index (χ3n) is 3.13. The summed E-state index contributed by atoms with van der Waals surface area (Å²) in [6.07, 6.45) is 2.31. The summed E-state index contributed by atoms with van der Waals surface area (Å²) in [6, 6.07) is -0.105. The van der Waals surface area contributed by atoms with E-state index in [1.54, 1.807) is 0 Å². The molecule has 0 saturated carbocycles. The van der Waals surface area contributed by atoms with Crippen molar-refractivity contribution in [1.29, 1.82) is 0 Å². The molecule has 0 aliphatic rings. The number of aromatic nitrogens is 2. The molecule has 0 fully saturated rings. The van der Waals surface area contributed by atoms with Gasteiger partial charge in [0.25, 0.3) is 5.56 Å². The summed E-state index contributed by atoms with van der Waals surface area (Å²) in [5.74, 6) is 0.556. The maximum absolute atomic E-state index is 12.2. The summed E-state index contributed by atoms with van der Waals surface area (Å²) < 4.78 is 1.28. The summed E-state index contributed by atoms with van der Waals surface area (Å²) in [4.78, 5) is 26.6. The van der Waals surface area contributed by atoms with Crippen molar-refractivity contribution in [3.63, 3.8) is 0 Å². The molecule has 1 N–H and O–H groups in total. The van der Waals surface area contributed by atoms with Crippen molar-refractivity contribution in [2.75, 3.05) is 0 Å². The Hall–Kier alpha value is -1.03. The van der Waals surface area contributed by atoms with Gasteiger partial charge >= 0.3 is 5.69 Å². The van der Waals surface area contributed by atoms with Gasteiger partial charge in [0.1, 0.15) is 5.15 Å². The molecule has 5 heteroatoms. The molecule has 0 aliphatic carbocycles. The molecule has 1 rings (SSSR count). The van der Waals surface area contributed by atoms with Gasteiger partial charge in [-0.05, 0) is 32.1 Å². The lowest BCUT2D eigenvalue weighted by atomic mass is 10.0. The Morgan fingerprint density at radius 2 is 1.83 bits per heavy atom. The molecule has 1 aromatic rings. The van der Waals surface area contributed by atoms with Gasteiger partial charge < -0.3 is 0 Å². The van der Waals surface area contributed by atoms with Crippen LogP contribution in [0.5, 0.6) is 0 Å². The number of halogens is 1. The average Bonchev–Trinajstić information content (AvgIpc) is 2.26. The van der Waals surface area contributed by atoms with E-state index in [2.05, 4.69) is 18.8 Å². The second-order valence-electron chi connectivity index (χ2n) is 5.07. The zero-order valence-electron chi connectivity index (χ0n) is 11.4. The molecule has 1 atom stereocenters. The summed E-state index contributed by atoms with van der Waals surface area (Å²) in [6.45, 7) is 7.99. The van der Waals surface area contributed by atoms with E-state index in [4.69, 9.17) is 11.6 Å². The Balaban J connectivity index is 3.16. The average molecular weight is 273 g/mol. The van der Waals surface area contributed by atoms with Crippen LogP contribution in [-0.2, 0) is 6.42 Å². The molecule has 0 amide bonds. The molecule has 0 aliphatic heterocycles. The van der Waals surface area contributed by atoms with Crippen LogP contribution in [0, 0.1) is 5.92 Å². The van der Waals surface area contributed by atoms with E-state index < -0.39 is 5.69 Å². The maximum atomic E-state index is 12.2. The van der Waals surface area contributed by atoms with E-state index >= 15 is 0 Å². The molecule has 4 nitrogen and oxygen atoms in total. The van der Waals surface area contributed by atoms with Gasteiger partial charge in [0, 0.05) is 6.04 Å². The normalized spacial score (nSPS) is 13.0. The number of H-pyrrole nitrogens is 1. The Kier molecular flexibility index (Phi) is 5.20. The number of rotatable bonds is 5. The molecule has 0 aromatic carbocycles. The van der Waals surface area contributed by atoms with Gasteiger partial charge in [-0.15, -0.1) is 0 Å². The van der Waals surface area contributed by atoms with E-state index in [-0.39, 0.29) is 16.8 Å². The van der Waals surface area contributed by atoms with Crippen LogP contribution in [0.3, 0.4) is 0 Å². The molecular formula is C13H21ClN2O2. The second-order valence-corrected chi connectivity index (χ2v) is 5.45. The van der Waals surface area contributed by atoms with Crippen LogP contribution in [0.25, 0.3) is 0 Å². The van der Waals surface area contributed by atoms with Crippen molar-refractivity contribution in [1.82, 2.24) is 9.55 Å². The lowest BCUT2D eigenvalue weighted by Gasteiger charge is -2.16. The number of nitrogens with one attached hydrogen (secondary N) is 1. The predicted octanol–water partition coefficient (Wildman–Crippen LogP) is 2.75. The highest BCUT2D eigenvalue weighted by atomic mass is 35.5. The molecule has 0 spiro atoms. The van der Waals surface area contributed by atoms with Gasteiger partial charge in [0.05, 0.1) is 5.56 Å². The van der Waals surface area contributed by atoms with Crippen LogP contribution in [0.1, 0.15) is 52.1 Å². The van der Waals surface area contributed by atoms with Gasteiger partial charge in [0.15, 0.2) is 0 Å². The van der Waals surface area contributed by atoms with E-state index in [0.29, 0.717) is 17.9 Å². The minimum absolute atomic E-state index is 0.105. The summed E-state index contributed by atoms with van der Waals surface area (Å²) in [5.41, 5.74) is -0.200. The van der Waals surface area contributed by atoms with Gasteiger partial charge in [-0.1, -0.05) is 32.4 Å². The summed E-state index contributed by atoms with van der Waals surface area (Å²) >= 11 is 5.87. The van der Waals surface area contributed by atoms with E-state index in [1.165, 1.54) is 4.57 Å². The predicted molar refractivity (Wildman–Crippen MR) is 74.5 cm³/mol. The maximum Gasteiger partial charge on any atom is 0.329 e. The number of nitrogens with zero attached hydrogens (tertiary/aromatic N) is 1. The summed E-state index contributed by atoms with van der Waals surface area (Å²) in [7, 11) is 0. The van der Waals surface area contributed by atoms with Crippen LogP contribution in [0.4, 0.5) is 0 Å². The lowest BCUT2D eigenvalue weighted by molar-refractivity contribution is 0.417. The standard InChI is InChI=1S/C13H21ClN2O2/c1-5-10-11(14)15-13(18)16(12(10)17)9(4)7-6-8(2)3/h8-9H,5-7H2,1-4H3,(H,15,18). The Labute approximate surface area is 112 Å². The van der Waals surface area contributed by atoms with E-state index in [0.717, 1.165) is 12.8 Å². The zero-order valence-corrected chi connectivity index (χ0v) is 12.2. The monoisotopic (exact) mass is 272 g/mol. The molecule has 1 unspecified atom stereocenters. The van der Waals surface area contributed by atoms with Crippen molar-refractivity contribution in [3.05, 3.63) is 31.6 Å². The fourth-order valence-electron chi connectivity index (χ4n) is 1.97.